The summed E-state index contributed by atoms with van der Waals surface area (Å²) < 4.78 is 0. The fraction of sp³-hybridized carbons (Fsp3) is 0.182. The van der Waals surface area contributed by atoms with Crippen LogP contribution in [0.1, 0.15) is 12.5 Å². The van der Waals surface area contributed by atoms with Gasteiger partial charge in [0.1, 0.15) is 21.5 Å². The Morgan fingerprint density at radius 2 is 2.00 bits per heavy atom. The number of halogens is 2. The van der Waals surface area contributed by atoms with E-state index < -0.39 is 0 Å². The van der Waals surface area contributed by atoms with Crippen LogP contribution in [0.2, 0.25) is 10.2 Å². The second-order valence-corrected chi connectivity index (χ2v) is 5.02. The Morgan fingerprint density at radius 1 is 1.18 bits per heavy atom. The molecule has 0 unspecified atom stereocenters. The smallest absolute Gasteiger partial charge is 0.136 e. The van der Waals surface area contributed by atoms with E-state index in [2.05, 4.69) is 15.0 Å². The van der Waals surface area contributed by atoms with E-state index in [-0.39, 0.29) is 0 Å². The van der Waals surface area contributed by atoms with E-state index in [1.54, 1.807) is 12.3 Å². The van der Waals surface area contributed by atoms with E-state index in [9.17, 15) is 0 Å². The molecular formula is C11H9Cl2N3S. The summed E-state index contributed by atoms with van der Waals surface area (Å²) in [7, 11) is 0. The fourth-order valence-electron chi connectivity index (χ4n) is 1.28. The van der Waals surface area contributed by atoms with Crippen LogP contribution in [0.3, 0.4) is 0 Å². The first-order chi connectivity index (χ1) is 8.20. The van der Waals surface area contributed by atoms with Gasteiger partial charge < -0.3 is 0 Å². The predicted molar refractivity (Wildman–Crippen MR) is 69.8 cm³/mol. The normalized spacial score (nSPS) is 10.5. The summed E-state index contributed by atoms with van der Waals surface area (Å²) in [4.78, 5) is 12.4. The molecule has 0 aliphatic rings. The van der Waals surface area contributed by atoms with Crippen LogP contribution in [0.25, 0.3) is 0 Å². The number of hydrogen-bond donors (Lipinski definition) is 0. The molecule has 0 spiro atoms. The summed E-state index contributed by atoms with van der Waals surface area (Å²) >= 11 is 13.3. The molecule has 0 fully saturated rings. The number of pyridine rings is 1. The molecule has 2 heterocycles. The van der Waals surface area contributed by atoms with Crippen molar-refractivity contribution in [2.24, 2.45) is 0 Å². The molecule has 88 valence electrons. The van der Waals surface area contributed by atoms with Gasteiger partial charge in [-0.25, -0.2) is 15.0 Å². The zero-order valence-electron chi connectivity index (χ0n) is 9.02. The van der Waals surface area contributed by atoms with Gasteiger partial charge >= 0.3 is 0 Å². The number of rotatable bonds is 3. The lowest BCUT2D eigenvalue weighted by Crippen LogP contribution is -1.94. The maximum absolute atomic E-state index is 6.02. The Morgan fingerprint density at radius 3 is 2.65 bits per heavy atom. The van der Waals surface area contributed by atoms with Gasteiger partial charge in [0.15, 0.2) is 0 Å². The molecule has 0 aliphatic carbocycles. The van der Waals surface area contributed by atoms with Crippen LogP contribution in [0.5, 0.6) is 0 Å². The maximum atomic E-state index is 6.02. The Hall–Kier alpha value is -0.840. The molecule has 0 saturated carbocycles. The van der Waals surface area contributed by atoms with Crippen LogP contribution in [0.15, 0.2) is 34.7 Å². The molecular weight excluding hydrogens is 277 g/mol. The topological polar surface area (TPSA) is 38.7 Å². The summed E-state index contributed by atoms with van der Waals surface area (Å²) in [5.74, 6) is 0. The van der Waals surface area contributed by atoms with Crippen LogP contribution in [-0.2, 0) is 6.42 Å². The summed E-state index contributed by atoms with van der Waals surface area (Å²) in [6.45, 7) is 2.02. The van der Waals surface area contributed by atoms with E-state index in [1.807, 2.05) is 13.0 Å². The molecule has 0 amide bonds. The van der Waals surface area contributed by atoms with Crippen molar-refractivity contribution in [2.45, 2.75) is 23.4 Å². The van der Waals surface area contributed by atoms with E-state index in [0.29, 0.717) is 10.2 Å². The van der Waals surface area contributed by atoms with Crippen LogP contribution >= 0.6 is 35.0 Å². The molecule has 0 aromatic carbocycles. The molecule has 17 heavy (non-hydrogen) atoms. The largest absolute Gasteiger partial charge is 0.248 e. The van der Waals surface area contributed by atoms with Gasteiger partial charge in [0, 0.05) is 11.8 Å². The van der Waals surface area contributed by atoms with Gasteiger partial charge in [0.25, 0.3) is 0 Å². The number of hydrogen-bond acceptors (Lipinski definition) is 4. The first-order valence-electron chi connectivity index (χ1n) is 4.99. The lowest BCUT2D eigenvalue weighted by molar-refractivity contribution is 0.941. The Balaban J connectivity index is 2.29. The highest BCUT2D eigenvalue weighted by Gasteiger charge is 2.10. The van der Waals surface area contributed by atoms with Crippen molar-refractivity contribution in [2.75, 3.05) is 0 Å². The second-order valence-electron chi connectivity index (χ2n) is 3.22. The SMILES string of the molecule is CCc1c(Cl)ncnc1Sc1ccc(Cl)cn1. The number of nitrogens with zero attached hydrogens (tertiary/aromatic N) is 3. The molecule has 6 heteroatoms. The van der Waals surface area contributed by atoms with Gasteiger partial charge in [-0.2, -0.15) is 0 Å². The predicted octanol–water partition coefficient (Wildman–Crippen LogP) is 3.89. The van der Waals surface area contributed by atoms with Crippen LogP contribution in [0.4, 0.5) is 0 Å². The van der Waals surface area contributed by atoms with Crippen molar-refractivity contribution in [3.63, 3.8) is 0 Å². The zero-order chi connectivity index (χ0) is 12.3. The van der Waals surface area contributed by atoms with Gasteiger partial charge in [-0.05, 0) is 30.3 Å². The van der Waals surface area contributed by atoms with Crippen molar-refractivity contribution < 1.29 is 0 Å². The highest BCUT2D eigenvalue weighted by molar-refractivity contribution is 7.99. The third-order valence-electron chi connectivity index (χ3n) is 2.11. The monoisotopic (exact) mass is 285 g/mol. The van der Waals surface area contributed by atoms with E-state index in [0.717, 1.165) is 22.0 Å². The van der Waals surface area contributed by atoms with Crippen LogP contribution in [0, 0.1) is 0 Å². The van der Waals surface area contributed by atoms with Crippen molar-refractivity contribution in [1.82, 2.24) is 15.0 Å². The van der Waals surface area contributed by atoms with Crippen LogP contribution in [-0.4, -0.2) is 15.0 Å². The van der Waals surface area contributed by atoms with E-state index >= 15 is 0 Å². The summed E-state index contributed by atoms with van der Waals surface area (Å²) in [6, 6.07) is 3.65. The van der Waals surface area contributed by atoms with Crippen molar-refractivity contribution in [3.05, 3.63) is 40.4 Å². The molecule has 2 aromatic rings. The highest BCUT2D eigenvalue weighted by Crippen LogP contribution is 2.30. The Kier molecular flexibility index (Phi) is 4.20. The van der Waals surface area contributed by atoms with Crippen molar-refractivity contribution in [3.8, 4) is 0 Å². The zero-order valence-corrected chi connectivity index (χ0v) is 11.4. The molecule has 0 atom stereocenters. The van der Waals surface area contributed by atoms with Gasteiger partial charge in [0.2, 0.25) is 0 Å². The first kappa shape index (κ1) is 12.6. The standard InChI is InChI=1S/C11H9Cl2N3S/c1-2-8-10(13)15-6-16-11(8)17-9-4-3-7(12)5-14-9/h3-6H,2H2,1H3. The van der Waals surface area contributed by atoms with Gasteiger partial charge in [0.05, 0.1) is 5.02 Å². The van der Waals surface area contributed by atoms with Gasteiger partial charge in [-0.3, -0.25) is 0 Å². The van der Waals surface area contributed by atoms with Crippen LogP contribution < -0.4 is 0 Å². The molecule has 0 saturated heterocycles. The number of aromatic nitrogens is 3. The molecule has 0 aliphatic heterocycles. The fourth-order valence-corrected chi connectivity index (χ4v) is 2.62. The second kappa shape index (κ2) is 5.67. The summed E-state index contributed by atoms with van der Waals surface area (Å²) in [6.07, 6.45) is 3.85. The quantitative estimate of drug-likeness (QED) is 0.802. The first-order valence-corrected chi connectivity index (χ1v) is 6.56. The Bertz CT molecular complexity index is 517. The van der Waals surface area contributed by atoms with Gasteiger partial charge in [-0.1, -0.05) is 30.1 Å². The van der Waals surface area contributed by atoms with E-state index in [1.165, 1.54) is 18.1 Å². The highest BCUT2D eigenvalue weighted by atomic mass is 35.5. The minimum atomic E-state index is 0.499. The Labute approximate surface area is 114 Å². The third kappa shape index (κ3) is 3.09. The molecule has 2 rings (SSSR count). The minimum Gasteiger partial charge on any atom is -0.248 e. The lowest BCUT2D eigenvalue weighted by atomic mass is 10.3. The van der Waals surface area contributed by atoms with Crippen molar-refractivity contribution in [1.29, 1.82) is 0 Å². The lowest BCUT2D eigenvalue weighted by Gasteiger charge is -2.06. The summed E-state index contributed by atoms with van der Waals surface area (Å²) in [5, 5.41) is 2.78. The molecule has 2 aromatic heterocycles. The van der Waals surface area contributed by atoms with E-state index in [4.69, 9.17) is 23.2 Å². The maximum Gasteiger partial charge on any atom is 0.136 e. The van der Waals surface area contributed by atoms with Gasteiger partial charge in [-0.15, -0.1) is 0 Å². The molecule has 0 radical (unpaired) electrons. The molecule has 0 bridgehead atoms. The molecule has 3 nitrogen and oxygen atoms in total. The average molecular weight is 286 g/mol. The summed E-state index contributed by atoms with van der Waals surface area (Å²) in [5.41, 5.74) is 0.941. The third-order valence-corrected chi connectivity index (χ3v) is 3.65. The minimum absolute atomic E-state index is 0.499. The average Bonchev–Trinajstić information content (AvgIpc) is 2.32. The van der Waals surface area contributed by atoms with Crippen molar-refractivity contribution >= 4 is 35.0 Å². The molecule has 0 N–H and O–H groups in total.